The molecule has 5 nitrogen and oxygen atoms in total. The summed E-state index contributed by atoms with van der Waals surface area (Å²) in [7, 11) is 1.32. The van der Waals surface area contributed by atoms with Crippen LogP contribution in [0.4, 0.5) is 0 Å². The molecule has 0 saturated carbocycles. The molecule has 3 aromatic carbocycles. The highest BCUT2D eigenvalue weighted by Gasteiger charge is 2.36. The zero-order chi connectivity index (χ0) is 24.1. The molecule has 0 unspecified atom stereocenters. The third-order valence-electron chi connectivity index (χ3n) is 5.78. The van der Waals surface area contributed by atoms with Gasteiger partial charge in [-0.15, -0.1) is 0 Å². The predicted octanol–water partition coefficient (Wildman–Crippen LogP) is 5.45. The van der Waals surface area contributed by atoms with Crippen molar-refractivity contribution in [2.24, 2.45) is 0 Å². The Morgan fingerprint density at radius 2 is 1.65 bits per heavy atom. The number of nitrogens with zero attached hydrogens (tertiary/aromatic N) is 1. The number of methoxy groups -OCH3 is 1. The van der Waals surface area contributed by atoms with E-state index in [1.807, 2.05) is 85.8 Å². The van der Waals surface area contributed by atoms with Crippen molar-refractivity contribution in [3.05, 3.63) is 118 Å². The van der Waals surface area contributed by atoms with Gasteiger partial charge in [0.25, 0.3) is 5.91 Å². The van der Waals surface area contributed by atoms with Crippen LogP contribution >= 0.6 is 0 Å². The van der Waals surface area contributed by atoms with Crippen molar-refractivity contribution < 1.29 is 19.1 Å². The lowest BCUT2D eigenvalue weighted by atomic mass is 10.0. The first-order chi connectivity index (χ1) is 16.5. The van der Waals surface area contributed by atoms with Gasteiger partial charge in [0.15, 0.2) is 0 Å². The summed E-state index contributed by atoms with van der Waals surface area (Å²) >= 11 is 0. The molecule has 5 heteroatoms. The molecule has 1 amide bonds. The van der Waals surface area contributed by atoms with Crippen LogP contribution in [0.2, 0.25) is 0 Å². The molecular weight excluding hydrogens is 426 g/mol. The molecule has 172 valence electrons. The third-order valence-corrected chi connectivity index (χ3v) is 5.78. The number of allylic oxidation sites excluding steroid dienone is 1. The zero-order valence-electron chi connectivity index (χ0n) is 19.6. The fourth-order valence-corrected chi connectivity index (χ4v) is 3.90. The fourth-order valence-electron chi connectivity index (χ4n) is 3.90. The second-order valence-electron chi connectivity index (χ2n) is 8.23. The van der Waals surface area contributed by atoms with E-state index >= 15 is 0 Å². The number of carbonyl (C=O) groups is 2. The van der Waals surface area contributed by atoms with Gasteiger partial charge in [-0.1, -0.05) is 72.3 Å². The van der Waals surface area contributed by atoms with Gasteiger partial charge in [0.1, 0.15) is 12.4 Å². The Kier molecular flexibility index (Phi) is 6.93. The Morgan fingerprint density at radius 1 is 0.912 bits per heavy atom. The van der Waals surface area contributed by atoms with E-state index in [9.17, 15) is 9.59 Å². The van der Waals surface area contributed by atoms with Gasteiger partial charge < -0.3 is 14.4 Å². The van der Waals surface area contributed by atoms with Crippen LogP contribution in [0.5, 0.6) is 5.75 Å². The number of carbonyl (C=O) groups excluding carboxylic acids is 2. The van der Waals surface area contributed by atoms with Crippen molar-refractivity contribution in [2.75, 3.05) is 7.11 Å². The molecule has 34 heavy (non-hydrogen) atoms. The largest absolute Gasteiger partial charge is 0.489 e. The van der Waals surface area contributed by atoms with Crippen LogP contribution in [-0.4, -0.2) is 23.9 Å². The Hall–Kier alpha value is -4.12. The minimum Gasteiger partial charge on any atom is -0.489 e. The molecule has 1 aliphatic rings. The molecule has 0 radical (unpaired) electrons. The maximum absolute atomic E-state index is 13.4. The quantitative estimate of drug-likeness (QED) is 0.353. The number of rotatable bonds is 7. The molecular formula is C29H27NO4. The van der Waals surface area contributed by atoms with Crippen molar-refractivity contribution in [1.82, 2.24) is 4.90 Å². The highest BCUT2D eigenvalue weighted by Crippen LogP contribution is 2.33. The van der Waals surface area contributed by atoms with Crippen LogP contribution < -0.4 is 4.74 Å². The number of esters is 1. The van der Waals surface area contributed by atoms with E-state index < -0.39 is 5.97 Å². The molecule has 1 heterocycles. The maximum atomic E-state index is 13.4. The smallest absolute Gasteiger partial charge is 0.340 e. The maximum Gasteiger partial charge on any atom is 0.340 e. The van der Waals surface area contributed by atoms with Gasteiger partial charge >= 0.3 is 5.97 Å². The average Bonchev–Trinajstić information content (AvgIpc) is 3.08. The van der Waals surface area contributed by atoms with Crippen molar-refractivity contribution in [3.8, 4) is 5.75 Å². The molecule has 0 bridgehead atoms. The molecule has 1 aliphatic heterocycles. The fraction of sp³-hybridized carbons (Fsp3) is 0.172. The van der Waals surface area contributed by atoms with Crippen molar-refractivity contribution >= 4 is 18.0 Å². The van der Waals surface area contributed by atoms with E-state index in [0.717, 1.165) is 22.3 Å². The van der Waals surface area contributed by atoms with Gasteiger partial charge in [0.05, 0.1) is 24.8 Å². The summed E-state index contributed by atoms with van der Waals surface area (Å²) in [6.45, 7) is 4.61. The molecule has 0 atom stereocenters. The Labute approximate surface area is 199 Å². The highest BCUT2D eigenvalue weighted by atomic mass is 16.5. The molecule has 4 rings (SSSR count). The minimum absolute atomic E-state index is 0.228. The van der Waals surface area contributed by atoms with Crippen molar-refractivity contribution in [1.29, 1.82) is 0 Å². The van der Waals surface area contributed by atoms with Gasteiger partial charge in [-0.3, -0.25) is 4.79 Å². The summed E-state index contributed by atoms with van der Waals surface area (Å²) in [4.78, 5) is 27.6. The van der Waals surface area contributed by atoms with Crippen molar-refractivity contribution in [2.45, 2.75) is 27.0 Å². The summed E-state index contributed by atoms with van der Waals surface area (Å²) in [5.74, 6) is -0.0745. The number of benzene rings is 3. The van der Waals surface area contributed by atoms with Gasteiger partial charge in [0.2, 0.25) is 0 Å². The minimum atomic E-state index is -0.528. The third kappa shape index (κ3) is 5.09. The van der Waals surface area contributed by atoms with E-state index in [2.05, 4.69) is 0 Å². The van der Waals surface area contributed by atoms with E-state index in [1.54, 1.807) is 17.9 Å². The Morgan fingerprint density at radius 3 is 2.35 bits per heavy atom. The topological polar surface area (TPSA) is 55.8 Å². The number of amides is 1. The predicted molar refractivity (Wildman–Crippen MR) is 132 cm³/mol. The van der Waals surface area contributed by atoms with Crippen LogP contribution in [0.25, 0.3) is 6.08 Å². The number of ether oxygens (including phenoxy) is 2. The lowest BCUT2D eigenvalue weighted by molar-refractivity contribution is -0.136. The van der Waals surface area contributed by atoms with Gasteiger partial charge in [-0.25, -0.2) is 4.79 Å². The molecule has 0 spiro atoms. The molecule has 0 fully saturated rings. The number of hydrogen-bond acceptors (Lipinski definition) is 4. The highest BCUT2D eigenvalue weighted by molar-refractivity contribution is 6.16. The normalized spacial score (nSPS) is 14.6. The first-order valence-corrected chi connectivity index (χ1v) is 11.1. The summed E-state index contributed by atoms with van der Waals surface area (Å²) in [5.41, 5.74) is 5.15. The summed E-state index contributed by atoms with van der Waals surface area (Å²) in [6, 6.07) is 25.4. The van der Waals surface area contributed by atoms with Crippen LogP contribution in [-0.2, 0) is 27.5 Å². The molecule has 0 N–H and O–H groups in total. The van der Waals surface area contributed by atoms with Gasteiger partial charge in [-0.2, -0.15) is 0 Å². The summed E-state index contributed by atoms with van der Waals surface area (Å²) < 4.78 is 10.9. The van der Waals surface area contributed by atoms with Gasteiger partial charge in [0, 0.05) is 5.70 Å². The van der Waals surface area contributed by atoms with E-state index in [4.69, 9.17) is 9.47 Å². The van der Waals surface area contributed by atoms with E-state index in [1.165, 1.54) is 7.11 Å². The first kappa shape index (κ1) is 23.1. The zero-order valence-corrected chi connectivity index (χ0v) is 19.6. The summed E-state index contributed by atoms with van der Waals surface area (Å²) in [6.07, 6.45) is 1.72. The molecule has 0 aliphatic carbocycles. The van der Waals surface area contributed by atoms with E-state index in [0.29, 0.717) is 30.2 Å². The SMILES string of the molecule is COC(=O)C1=C(C)N(Cc2ccc(C)cc2)C(=O)/C1=C\c1cccc(OCc2ccccc2)c1. The monoisotopic (exact) mass is 453 g/mol. The second kappa shape index (κ2) is 10.2. The van der Waals surface area contributed by atoms with Crippen molar-refractivity contribution in [3.63, 3.8) is 0 Å². The summed E-state index contributed by atoms with van der Waals surface area (Å²) in [5, 5.41) is 0. The number of aryl methyl sites for hydroxylation is 1. The molecule has 0 aromatic heterocycles. The molecule has 0 saturated heterocycles. The van der Waals surface area contributed by atoms with Crippen LogP contribution in [0.1, 0.15) is 29.2 Å². The lowest BCUT2D eigenvalue weighted by Crippen LogP contribution is -2.24. The van der Waals surface area contributed by atoms with Crippen LogP contribution in [0.3, 0.4) is 0 Å². The van der Waals surface area contributed by atoms with E-state index in [-0.39, 0.29) is 11.5 Å². The Bertz CT molecular complexity index is 1260. The number of hydrogen-bond donors (Lipinski definition) is 0. The van der Waals surface area contributed by atoms with Crippen LogP contribution in [0, 0.1) is 6.92 Å². The lowest BCUT2D eigenvalue weighted by Gasteiger charge is -2.18. The first-order valence-electron chi connectivity index (χ1n) is 11.1. The molecule has 3 aromatic rings. The average molecular weight is 454 g/mol. The van der Waals surface area contributed by atoms with Gasteiger partial charge in [-0.05, 0) is 48.7 Å². The standard InChI is InChI=1S/C29H27NO4/c1-20-12-14-22(15-13-20)18-30-21(2)27(29(32)33-3)26(28(30)31)17-24-10-7-11-25(16-24)34-19-23-8-5-4-6-9-23/h4-17H,18-19H2,1-3H3/b26-17-. The van der Waals surface area contributed by atoms with Crippen LogP contribution in [0.15, 0.2) is 95.7 Å². The second-order valence-corrected chi connectivity index (χ2v) is 8.23. The Balaban J connectivity index is 1.61.